The molecule has 2 N–H and O–H groups in total. The molecule has 1 rings (SSSR count). The van der Waals surface area contributed by atoms with E-state index >= 15 is 0 Å². The molecule has 1 unspecified atom stereocenters. The highest BCUT2D eigenvalue weighted by Crippen LogP contribution is 2.29. The third-order valence-corrected chi connectivity index (χ3v) is 2.90. The van der Waals surface area contributed by atoms with Crippen molar-refractivity contribution < 1.29 is 19.6 Å². The standard InChI is InChI=1S/C14H20N2O5/c1-3-5-12(14(17)18)21-13-8-10(9-15-4-2)6-7-11(13)16(19)20/h6-8,12,15H,3-5,9H2,1-2H3,(H,17,18). The molecule has 0 saturated carbocycles. The maximum absolute atomic E-state index is 11.1. The monoisotopic (exact) mass is 296 g/mol. The fraction of sp³-hybridized carbons (Fsp3) is 0.500. The molecule has 1 aromatic rings. The van der Waals surface area contributed by atoms with E-state index in [0.29, 0.717) is 19.4 Å². The van der Waals surface area contributed by atoms with Crippen LogP contribution in [-0.2, 0) is 11.3 Å². The van der Waals surface area contributed by atoms with Crippen LogP contribution in [0.5, 0.6) is 5.75 Å². The second-order valence-corrected chi connectivity index (χ2v) is 4.57. The number of rotatable bonds is 9. The van der Waals surface area contributed by atoms with Crippen molar-refractivity contribution in [2.45, 2.75) is 39.3 Å². The molecule has 0 aliphatic carbocycles. The Kier molecular flexibility index (Phi) is 6.61. The van der Waals surface area contributed by atoms with E-state index in [1.165, 1.54) is 12.1 Å². The number of carboxylic acid groups (broad SMARTS) is 1. The van der Waals surface area contributed by atoms with E-state index in [1.807, 2.05) is 13.8 Å². The lowest BCUT2D eigenvalue weighted by atomic mass is 10.1. The Morgan fingerprint density at radius 1 is 1.48 bits per heavy atom. The van der Waals surface area contributed by atoms with Crippen LogP contribution in [0.1, 0.15) is 32.3 Å². The number of nitro benzene ring substituents is 1. The molecule has 0 saturated heterocycles. The molecule has 21 heavy (non-hydrogen) atoms. The van der Waals surface area contributed by atoms with E-state index in [0.717, 1.165) is 12.1 Å². The van der Waals surface area contributed by atoms with Gasteiger partial charge in [-0.3, -0.25) is 10.1 Å². The predicted octanol–water partition coefficient (Wildman–Crippen LogP) is 2.34. The molecule has 7 nitrogen and oxygen atoms in total. The van der Waals surface area contributed by atoms with Gasteiger partial charge in [0.1, 0.15) is 0 Å². The number of nitrogens with zero attached hydrogens (tertiary/aromatic N) is 1. The smallest absolute Gasteiger partial charge is 0.344 e. The minimum atomic E-state index is -1.12. The molecule has 0 aliphatic rings. The van der Waals surface area contributed by atoms with Gasteiger partial charge in [-0.15, -0.1) is 0 Å². The molecule has 0 spiro atoms. The van der Waals surface area contributed by atoms with Gasteiger partial charge in [0.05, 0.1) is 4.92 Å². The van der Waals surface area contributed by atoms with Crippen LogP contribution in [0.3, 0.4) is 0 Å². The minimum absolute atomic E-state index is 0.00347. The van der Waals surface area contributed by atoms with Crippen molar-refractivity contribution >= 4 is 11.7 Å². The SMILES string of the molecule is CCCC(Oc1cc(CNCC)ccc1[N+](=O)[O-])C(=O)O. The summed E-state index contributed by atoms with van der Waals surface area (Å²) >= 11 is 0. The number of nitrogens with one attached hydrogen (secondary N) is 1. The van der Waals surface area contributed by atoms with Gasteiger partial charge in [0.15, 0.2) is 11.9 Å². The molecule has 7 heteroatoms. The second-order valence-electron chi connectivity index (χ2n) is 4.57. The van der Waals surface area contributed by atoms with Gasteiger partial charge in [0, 0.05) is 12.6 Å². The summed E-state index contributed by atoms with van der Waals surface area (Å²) in [6.45, 7) is 5.08. The lowest BCUT2D eigenvalue weighted by Gasteiger charge is -2.15. The molecule has 0 aromatic heterocycles. The third kappa shape index (κ3) is 5.03. The highest BCUT2D eigenvalue weighted by molar-refractivity contribution is 5.73. The van der Waals surface area contributed by atoms with E-state index < -0.39 is 17.0 Å². The van der Waals surface area contributed by atoms with Gasteiger partial charge in [-0.1, -0.05) is 26.3 Å². The Balaban J connectivity index is 3.04. The number of carbonyl (C=O) groups is 1. The highest BCUT2D eigenvalue weighted by Gasteiger charge is 2.23. The number of ether oxygens (including phenoxy) is 1. The average Bonchev–Trinajstić information content (AvgIpc) is 2.44. The van der Waals surface area contributed by atoms with Crippen LogP contribution >= 0.6 is 0 Å². The zero-order valence-electron chi connectivity index (χ0n) is 12.2. The van der Waals surface area contributed by atoms with Gasteiger partial charge >= 0.3 is 11.7 Å². The topological polar surface area (TPSA) is 102 Å². The molecule has 116 valence electrons. The lowest BCUT2D eigenvalue weighted by molar-refractivity contribution is -0.386. The van der Waals surface area contributed by atoms with Gasteiger partial charge in [-0.25, -0.2) is 4.79 Å². The summed E-state index contributed by atoms with van der Waals surface area (Å²) in [6.07, 6.45) is -0.172. The van der Waals surface area contributed by atoms with Crippen molar-refractivity contribution in [1.29, 1.82) is 0 Å². The molecule has 0 radical (unpaired) electrons. The Labute approximate surface area is 123 Å². The van der Waals surface area contributed by atoms with Gasteiger partial charge in [-0.05, 0) is 24.6 Å². The fourth-order valence-electron chi connectivity index (χ4n) is 1.83. The zero-order chi connectivity index (χ0) is 15.8. The molecular formula is C14H20N2O5. The molecular weight excluding hydrogens is 276 g/mol. The highest BCUT2D eigenvalue weighted by atomic mass is 16.6. The largest absolute Gasteiger partial charge is 0.479 e. The summed E-state index contributed by atoms with van der Waals surface area (Å²) < 4.78 is 5.36. The molecule has 1 aromatic carbocycles. The minimum Gasteiger partial charge on any atom is -0.479 e. The van der Waals surface area contributed by atoms with E-state index in [9.17, 15) is 14.9 Å². The Morgan fingerprint density at radius 2 is 2.19 bits per heavy atom. The molecule has 0 aliphatic heterocycles. The van der Waals surface area contributed by atoms with Crippen molar-refractivity contribution in [3.05, 3.63) is 33.9 Å². The van der Waals surface area contributed by atoms with Crippen molar-refractivity contribution in [2.24, 2.45) is 0 Å². The summed E-state index contributed by atoms with van der Waals surface area (Å²) in [5, 5.41) is 23.2. The quantitative estimate of drug-likeness (QED) is 0.535. The van der Waals surface area contributed by atoms with Crippen LogP contribution < -0.4 is 10.1 Å². The van der Waals surface area contributed by atoms with Crippen molar-refractivity contribution in [3.8, 4) is 5.75 Å². The van der Waals surface area contributed by atoms with Crippen molar-refractivity contribution in [3.63, 3.8) is 0 Å². The Hall–Kier alpha value is -2.15. The fourth-order valence-corrected chi connectivity index (χ4v) is 1.83. The molecule has 0 heterocycles. The summed E-state index contributed by atoms with van der Waals surface area (Å²) in [6, 6.07) is 4.49. The molecule has 0 amide bonds. The maximum atomic E-state index is 11.1. The summed E-state index contributed by atoms with van der Waals surface area (Å²) in [5.41, 5.74) is 0.579. The number of hydrogen-bond donors (Lipinski definition) is 2. The lowest BCUT2D eigenvalue weighted by Crippen LogP contribution is -2.27. The average molecular weight is 296 g/mol. The van der Waals surface area contributed by atoms with E-state index in [1.54, 1.807) is 6.07 Å². The van der Waals surface area contributed by atoms with Gasteiger partial charge in [-0.2, -0.15) is 0 Å². The molecule has 1 atom stereocenters. The number of aliphatic carboxylic acids is 1. The van der Waals surface area contributed by atoms with Crippen LogP contribution in [-0.4, -0.2) is 28.6 Å². The summed E-state index contributed by atoms with van der Waals surface area (Å²) in [5.74, 6) is -1.13. The first-order valence-corrected chi connectivity index (χ1v) is 6.87. The molecule has 0 fully saturated rings. The van der Waals surface area contributed by atoms with Crippen molar-refractivity contribution in [1.82, 2.24) is 5.32 Å². The first-order valence-electron chi connectivity index (χ1n) is 6.87. The van der Waals surface area contributed by atoms with Crippen LogP contribution in [0.4, 0.5) is 5.69 Å². The van der Waals surface area contributed by atoms with Gasteiger partial charge < -0.3 is 15.2 Å². The number of nitro groups is 1. The number of benzene rings is 1. The second kappa shape index (κ2) is 8.21. The predicted molar refractivity (Wildman–Crippen MR) is 77.4 cm³/mol. The maximum Gasteiger partial charge on any atom is 0.344 e. The van der Waals surface area contributed by atoms with Crippen molar-refractivity contribution in [2.75, 3.05) is 6.54 Å². The van der Waals surface area contributed by atoms with Crippen LogP contribution in [0.2, 0.25) is 0 Å². The van der Waals surface area contributed by atoms with Crippen LogP contribution in [0.15, 0.2) is 18.2 Å². The van der Waals surface area contributed by atoms with Gasteiger partial charge in [0.25, 0.3) is 0 Å². The summed E-state index contributed by atoms with van der Waals surface area (Å²) in [4.78, 5) is 21.6. The van der Waals surface area contributed by atoms with E-state index in [-0.39, 0.29) is 11.4 Å². The number of hydrogen-bond acceptors (Lipinski definition) is 5. The normalized spacial score (nSPS) is 11.9. The van der Waals surface area contributed by atoms with Crippen LogP contribution in [0.25, 0.3) is 0 Å². The van der Waals surface area contributed by atoms with Crippen LogP contribution in [0, 0.1) is 10.1 Å². The van der Waals surface area contributed by atoms with E-state index in [2.05, 4.69) is 5.32 Å². The zero-order valence-corrected chi connectivity index (χ0v) is 12.2. The molecule has 0 bridgehead atoms. The summed E-state index contributed by atoms with van der Waals surface area (Å²) in [7, 11) is 0. The Morgan fingerprint density at radius 3 is 2.71 bits per heavy atom. The Bertz CT molecular complexity index is 504. The first-order chi connectivity index (χ1) is 9.99. The van der Waals surface area contributed by atoms with Gasteiger partial charge in [0.2, 0.25) is 0 Å². The third-order valence-electron chi connectivity index (χ3n) is 2.90. The first kappa shape index (κ1) is 16.9. The number of carboxylic acids is 1. The van der Waals surface area contributed by atoms with E-state index in [4.69, 9.17) is 9.84 Å².